The number of carbonyl (C=O) groups is 2. The summed E-state index contributed by atoms with van der Waals surface area (Å²) in [5, 5.41) is -1.60. The van der Waals surface area contributed by atoms with Crippen LogP contribution in [0.5, 0.6) is 0 Å². The summed E-state index contributed by atoms with van der Waals surface area (Å²) in [6.45, 7) is -0.440. The molecule has 1 heterocycles. The zero-order valence-electron chi connectivity index (χ0n) is 16.7. The van der Waals surface area contributed by atoms with Crippen molar-refractivity contribution in [3.8, 4) is 0 Å². The normalized spacial score (nSPS) is 25.3. The third-order valence-electron chi connectivity index (χ3n) is 5.57. The zero-order valence-corrected chi connectivity index (χ0v) is 17.5. The van der Waals surface area contributed by atoms with E-state index in [0.717, 1.165) is 4.90 Å². The lowest BCUT2D eigenvalue weighted by molar-refractivity contribution is -0.173. The molecule has 1 aromatic carbocycles. The van der Waals surface area contributed by atoms with E-state index in [0.29, 0.717) is 12.1 Å². The second kappa shape index (κ2) is 8.23. The number of hydrogen-bond donors (Lipinski definition) is 0. The van der Waals surface area contributed by atoms with Crippen LogP contribution in [-0.2, 0) is 30.3 Å². The number of alkyl halides is 5. The van der Waals surface area contributed by atoms with Crippen LogP contribution in [-0.4, -0.2) is 56.1 Å². The first-order chi connectivity index (χ1) is 14.7. The lowest BCUT2D eigenvalue weighted by atomic mass is 9.93. The van der Waals surface area contributed by atoms with Gasteiger partial charge in [-0.15, -0.1) is 0 Å². The van der Waals surface area contributed by atoms with Crippen molar-refractivity contribution < 1.29 is 49.1 Å². The predicted molar refractivity (Wildman–Crippen MR) is 96.7 cm³/mol. The Bertz CT molecular complexity index is 1020. The molecule has 1 amide bonds. The number of benzene rings is 1. The first-order valence-electron chi connectivity index (χ1n) is 9.61. The van der Waals surface area contributed by atoms with E-state index < -0.39 is 93.1 Å². The molecular formula is C19H19F6NO5S. The summed E-state index contributed by atoms with van der Waals surface area (Å²) in [6.07, 6.45) is -6.26. The summed E-state index contributed by atoms with van der Waals surface area (Å²) in [5.74, 6) is -8.90. The van der Waals surface area contributed by atoms with Gasteiger partial charge in [-0.25, -0.2) is 21.6 Å². The van der Waals surface area contributed by atoms with Gasteiger partial charge in [0.2, 0.25) is 5.91 Å². The predicted octanol–water partition coefficient (Wildman–Crippen LogP) is 3.05. The first-order valence-corrected chi connectivity index (χ1v) is 11.2. The van der Waals surface area contributed by atoms with Gasteiger partial charge < -0.3 is 9.64 Å². The summed E-state index contributed by atoms with van der Waals surface area (Å²) in [7, 11) is -4.77. The quantitative estimate of drug-likeness (QED) is 0.362. The molecule has 0 bridgehead atoms. The molecule has 1 saturated heterocycles. The number of carbonyl (C=O) groups excluding carboxylic acids is 2. The van der Waals surface area contributed by atoms with Crippen LogP contribution in [0.1, 0.15) is 25.3 Å². The summed E-state index contributed by atoms with van der Waals surface area (Å²) in [6, 6.07) is 1.10. The van der Waals surface area contributed by atoms with Crippen molar-refractivity contribution in [2.24, 2.45) is 11.8 Å². The smallest absolute Gasteiger partial charge is 0.417 e. The van der Waals surface area contributed by atoms with Gasteiger partial charge in [-0.2, -0.15) is 13.2 Å². The Hall–Kier alpha value is -2.31. The molecular weight excluding hydrogens is 468 g/mol. The number of likely N-dealkylation sites (tertiary alicyclic amines) is 1. The lowest BCUT2D eigenvalue weighted by Gasteiger charge is -2.40. The number of halogens is 6. The lowest BCUT2D eigenvalue weighted by Crippen LogP contribution is -2.60. The molecule has 0 aromatic heterocycles. The highest BCUT2D eigenvalue weighted by atomic mass is 32.2. The summed E-state index contributed by atoms with van der Waals surface area (Å²) in [5.41, 5.74) is -1.71. The number of hydrogen-bond acceptors (Lipinski definition) is 5. The minimum absolute atomic E-state index is 0.0510. The van der Waals surface area contributed by atoms with Gasteiger partial charge in [0, 0.05) is 0 Å². The maximum Gasteiger partial charge on any atom is 0.417 e. The standard InChI is InChI=1S/C19H19F6NO5S/c1-2-31-17(28)13-7-11(6-12(13)16(27)26-8-18(21,22)9-26)32(29,30)15-4-3-10(20)5-14(15)19(23,24)25/h3-5,11-13H,2,6-9H2,1H3/t11-,12+,13+/m0/s1. The molecule has 1 aliphatic carbocycles. The maximum atomic E-state index is 13.4. The molecule has 32 heavy (non-hydrogen) atoms. The Kier molecular flexibility index (Phi) is 6.26. The number of amides is 1. The molecule has 0 spiro atoms. The minimum atomic E-state index is -5.18. The molecule has 1 saturated carbocycles. The average Bonchev–Trinajstić information content (AvgIpc) is 3.11. The Balaban J connectivity index is 1.95. The fraction of sp³-hybridized carbons (Fsp3) is 0.579. The highest BCUT2D eigenvalue weighted by Gasteiger charge is 2.54. The Labute approximate surface area is 179 Å². The summed E-state index contributed by atoms with van der Waals surface area (Å²) in [4.78, 5) is 24.6. The number of esters is 1. The molecule has 3 atom stereocenters. The van der Waals surface area contributed by atoms with E-state index in [1.54, 1.807) is 0 Å². The third kappa shape index (κ3) is 4.57. The number of nitrogens with zero attached hydrogens (tertiary/aromatic N) is 1. The van der Waals surface area contributed by atoms with Gasteiger partial charge in [0.05, 0.1) is 47.2 Å². The van der Waals surface area contributed by atoms with Gasteiger partial charge >= 0.3 is 12.1 Å². The van der Waals surface area contributed by atoms with Crippen molar-refractivity contribution in [2.45, 2.75) is 42.0 Å². The highest BCUT2D eigenvalue weighted by molar-refractivity contribution is 7.92. The second-order valence-corrected chi connectivity index (χ2v) is 9.99. The maximum absolute atomic E-state index is 13.4. The summed E-state index contributed by atoms with van der Waals surface area (Å²) < 4.78 is 111. The number of sulfone groups is 1. The number of rotatable bonds is 5. The average molecular weight is 487 g/mol. The van der Waals surface area contributed by atoms with Crippen molar-refractivity contribution in [1.29, 1.82) is 0 Å². The van der Waals surface area contributed by atoms with Crippen molar-refractivity contribution >= 4 is 21.7 Å². The van der Waals surface area contributed by atoms with Crippen LogP contribution in [0.25, 0.3) is 0 Å². The van der Waals surface area contributed by atoms with E-state index in [-0.39, 0.29) is 12.7 Å². The van der Waals surface area contributed by atoms with Crippen LogP contribution in [0.15, 0.2) is 23.1 Å². The van der Waals surface area contributed by atoms with E-state index in [4.69, 9.17) is 4.74 Å². The molecule has 2 fully saturated rings. The third-order valence-corrected chi connectivity index (χ3v) is 7.81. The Morgan fingerprint density at radius 3 is 2.28 bits per heavy atom. The second-order valence-electron chi connectivity index (χ2n) is 7.79. The molecule has 178 valence electrons. The van der Waals surface area contributed by atoms with E-state index in [2.05, 4.69) is 0 Å². The molecule has 2 aliphatic rings. The van der Waals surface area contributed by atoms with Gasteiger partial charge in [-0.1, -0.05) is 0 Å². The van der Waals surface area contributed by atoms with Gasteiger partial charge in [-0.05, 0) is 38.0 Å². The fourth-order valence-corrected chi connectivity index (χ4v) is 6.10. The minimum Gasteiger partial charge on any atom is -0.466 e. The van der Waals surface area contributed by atoms with E-state index in [9.17, 15) is 44.3 Å². The molecule has 1 aromatic rings. The first kappa shape index (κ1) is 24.3. The molecule has 13 heteroatoms. The van der Waals surface area contributed by atoms with E-state index >= 15 is 0 Å². The SMILES string of the molecule is CCOC(=O)[C@@H]1C[C@@H](S(=O)(=O)c2ccc(F)cc2C(F)(F)F)C[C@H]1C(=O)N1CC(F)(F)C1. The van der Waals surface area contributed by atoms with E-state index in [1.165, 1.54) is 6.92 Å². The molecule has 1 aliphatic heterocycles. The largest absolute Gasteiger partial charge is 0.466 e. The summed E-state index contributed by atoms with van der Waals surface area (Å²) >= 11 is 0. The van der Waals surface area contributed by atoms with Crippen molar-refractivity contribution in [3.63, 3.8) is 0 Å². The molecule has 0 N–H and O–H groups in total. The van der Waals surface area contributed by atoms with Gasteiger partial charge in [-0.3, -0.25) is 9.59 Å². The van der Waals surface area contributed by atoms with Crippen LogP contribution in [0.4, 0.5) is 26.3 Å². The molecule has 0 unspecified atom stereocenters. The fourth-order valence-electron chi connectivity index (χ4n) is 4.08. The molecule has 3 rings (SSSR count). The van der Waals surface area contributed by atoms with Crippen LogP contribution >= 0.6 is 0 Å². The van der Waals surface area contributed by atoms with Crippen LogP contribution in [0.2, 0.25) is 0 Å². The molecule has 0 radical (unpaired) electrons. The zero-order chi connectivity index (χ0) is 24.1. The highest BCUT2D eigenvalue weighted by Crippen LogP contribution is 2.44. The number of ether oxygens (including phenoxy) is 1. The van der Waals surface area contributed by atoms with Crippen molar-refractivity contribution in [3.05, 3.63) is 29.6 Å². The monoisotopic (exact) mass is 487 g/mol. The van der Waals surface area contributed by atoms with Crippen molar-refractivity contribution in [2.75, 3.05) is 19.7 Å². The van der Waals surface area contributed by atoms with E-state index in [1.807, 2.05) is 0 Å². The Morgan fingerprint density at radius 2 is 1.75 bits per heavy atom. The Morgan fingerprint density at radius 1 is 1.16 bits per heavy atom. The van der Waals surface area contributed by atoms with Crippen LogP contribution in [0.3, 0.4) is 0 Å². The van der Waals surface area contributed by atoms with Gasteiger partial charge in [0.25, 0.3) is 5.92 Å². The van der Waals surface area contributed by atoms with Gasteiger partial charge in [0.1, 0.15) is 5.82 Å². The molecule has 6 nitrogen and oxygen atoms in total. The van der Waals surface area contributed by atoms with Crippen molar-refractivity contribution in [1.82, 2.24) is 4.90 Å². The van der Waals surface area contributed by atoms with Crippen LogP contribution in [0, 0.1) is 17.7 Å². The van der Waals surface area contributed by atoms with Crippen LogP contribution < -0.4 is 0 Å². The topological polar surface area (TPSA) is 80.8 Å². The van der Waals surface area contributed by atoms with Gasteiger partial charge in [0.15, 0.2) is 9.84 Å².